The lowest BCUT2D eigenvalue weighted by Gasteiger charge is -2.10. The summed E-state index contributed by atoms with van der Waals surface area (Å²) in [5, 5.41) is 3.30. The van der Waals surface area contributed by atoms with Crippen LogP contribution in [0.3, 0.4) is 0 Å². The molecule has 0 aliphatic rings. The average molecular weight is 393 g/mol. The Kier molecular flexibility index (Phi) is 4.65. The molecule has 2 rings (SSSR count). The zero-order valence-electron chi connectivity index (χ0n) is 9.18. The SMILES string of the molecule is Fc1c(Cl)cccc1CNc1ccc(Br)cc1Br. The first-order chi connectivity index (χ1) is 8.58. The molecule has 0 saturated carbocycles. The first-order valence-electron chi connectivity index (χ1n) is 5.20. The molecule has 0 aliphatic carbocycles. The topological polar surface area (TPSA) is 12.0 Å². The average Bonchev–Trinajstić information content (AvgIpc) is 2.33. The van der Waals surface area contributed by atoms with E-state index in [0.717, 1.165) is 14.6 Å². The minimum Gasteiger partial charge on any atom is -0.380 e. The second-order valence-corrected chi connectivity index (χ2v) is 5.87. The number of hydrogen-bond donors (Lipinski definition) is 1. The Balaban J connectivity index is 2.14. The molecule has 0 bridgehead atoms. The van der Waals surface area contributed by atoms with Crippen LogP contribution >= 0.6 is 43.5 Å². The van der Waals surface area contributed by atoms with Crippen LogP contribution in [0.1, 0.15) is 5.56 Å². The van der Waals surface area contributed by atoms with E-state index in [1.807, 2.05) is 18.2 Å². The Morgan fingerprint density at radius 3 is 2.67 bits per heavy atom. The maximum Gasteiger partial charge on any atom is 0.146 e. The van der Waals surface area contributed by atoms with E-state index >= 15 is 0 Å². The number of nitrogens with one attached hydrogen (secondary N) is 1. The third-order valence-electron chi connectivity index (χ3n) is 2.43. The first kappa shape index (κ1) is 13.8. The Morgan fingerprint density at radius 1 is 1.17 bits per heavy atom. The Hall–Kier alpha value is -0.580. The molecule has 0 unspecified atom stereocenters. The van der Waals surface area contributed by atoms with Gasteiger partial charge >= 0.3 is 0 Å². The van der Waals surface area contributed by atoms with Gasteiger partial charge in [-0.1, -0.05) is 39.7 Å². The van der Waals surface area contributed by atoms with Crippen molar-refractivity contribution in [1.82, 2.24) is 0 Å². The van der Waals surface area contributed by atoms with Gasteiger partial charge in [0.05, 0.1) is 5.02 Å². The zero-order valence-corrected chi connectivity index (χ0v) is 13.1. The summed E-state index contributed by atoms with van der Waals surface area (Å²) in [5.74, 6) is -0.375. The van der Waals surface area contributed by atoms with Gasteiger partial charge in [0.2, 0.25) is 0 Å². The second-order valence-electron chi connectivity index (χ2n) is 3.69. The molecule has 2 aromatic rings. The summed E-state index contributed by atoms with van der Waals surface area (Å²) in [6.45, 7) is 0.382. The third kappa shape index (κ3) is 3.25. The number of anilines is 1. The quantitative estimate of drug-likeness (QED) is 0.714. The van der Waals surface area contributed by atoms with Gasteiger partial charge in [0.25, 0.3) is 0 Å². The fourth-order valence-electron chi connectivity index (χ4n) is 1.51. The van der Waals surface area contributed by atoms with E-state index in [2.05, 4.69) is 37.2 Å². The lowest BCUT2D eigenvalue weighted by Crippen LogP contribution is -2.02. The normalized spacial score (nSPS) is 10.4. The molecule has 18 heavy (non-hydrogen) atoms. The van der Waals surface area contributed by atoms with Crippen LogP contribution in [-0.4, -0.2) is 0 Å². The number of rotatable bonds is 3. The summed E-state index contributed by atoms with van der Waals surface area (Å²) in [5.41, 5.74) is 1.44. The van der Waals surface area contributed by atoms with E-state index < -0.39 is 0 Å². The van der Waals surface area contributed by atoms with Crippen LogP contribution in [0.2, 0.25) is 5.02 Å². The lowest BCUT2D eigenvalue weighted by molar-refractivity contribution is 0.613. The minimum absolute atomic E-state index is 0.143. The van der Waals surface area contributed by atoms with Gasteiger partial charge in [-0.2, -0.15) is 0 Å². The summed E-state index contributed by atoms with van der Waals surface area (Å²) >= 11 is 12.5. The van der Waals surface area contributed by atoms with Crippen molar-refractivity contribution < 1.29 is 4.39 Å². The minimum atomic E-state index is -0.375. The van der Waals surface area contributed by atoms with Gasteiger partial charge in [0.1, 0.15) is 5.82 Å². The molecular formula is C13H9Br2ClFN. The fraction of sp³-hybridized carbons (Fsp3) is 0.0769. The zero-order chi connectivity index (χ0) is 13.1. The van der Waals surface area contributed by atoms with Crippen LogP contribution in [0.5, 0.6) is 0 Å². The van der Waals surface area contributed by atoms with Gasteiger partial charge < -0.3 is 5.32 Å². The van der Waals surface area contributed by atoms with E-state index in [9.17, 15) is 4.39 Å². The third-order valence-corrected chi connectivity index (χ3v) is 3.87. The number of halogens is 4. The molecule has 2 aromatic carbocycles. The molecule has 0 saturated heterocycles. The maximum atomic E-state index is 13.7. The molecule has 0 aliphatic heterocycles. The van der Waals surface area contributed by atoms with E-state index in [0.29, 0.717) is 12.1 Å². The molecule has 5 heteroatoms. The van der Waals surface area contributed by atoms with Crippen molar-refractivity contribution >= 4 is 49.1 Å². The van der Waals surface area contributed by atoms with Crippen molar-refractivity contribution in [3.05, 3.63) is 61.7 Å². The Labute approximate surface area is 127 Å². The first-order valence-corrected chi connectivity index (χ1v) is 7.16. The Morgan fingerprint density at radius 2 is 1.94 bits per heavy atom. The van der Waals surface area contributed by atoms with E-state index in [1.54, 1.807) is 12.1 Å². The lowest BCUT2D eigenvalue weighted by atomic mass is 10.2. The van der Waals surface area contributed by atoms with Crippen molar-refractivity contribution in [3.63, 3.8) is 0 Å². The van der Waals surface area contributed by atoms with Crippen LogP contribution in [0.15, 0.2) is 45.3 Å². The van der Waals surface area contributed by atoms with Gasteiger partial charge in [0.15, 0.2) is 0 Å². The molecule has 0 radical (unpaired) electrons. The highest BCUT2D eigenvalue weighted by atomic mass is 79.9. The van der Waals surface area contributed by atoms with Crippen LogP contribution in [0.4, 0.5) is 10.1 Å². The highest BCUT2D eigenvalue weighted by Gasteiger charge is 2.06. The van der Waals surface area contributed by atoms with E-state index in [-0.39, 0.29) is 10.8 Å². The van der Waals surface area contributed by atoms with Gasteiger partial charge in [0, 0.05) is 26.7 Å². The van der Waals surface area contributed by atoms with E-state index in [1.165, 1.54) is 6.07 Å². The van der Waals surface area contributed by atoms with Crippen LogP contribution in [-0.2, 0) is 6.54 Å². The van der Waals surface area contributed by atoms with Crippen LogP contribution in [0.25, 0.3) is 0 Å². The van der Waals surface area contributed by atoms with Crippen LogP contribution < -0.4 is 5.32 Å². The van der Waals surface area contributed by atoms with E-state index in [4.69, 9.17) is 11.6 Å². The van der Waals surface area contributed by atoms with Crippen molar-refractivity contribution in [2.75, 3.05) is 5.32 Å². The van der Waals surface area contributed by atoms with Crippen molar-refractivity contribution in [3.8, 4) is 0 Å². The summed E-state index contributed by atoms with van der Waals surface area (Å²) in [4.78, 5) is 0. The summed E-state index contributed by atoms with van der Waals surface area (Å²) in [6.07, 6.45) is 0. The van der Waals surface area contributed by atoms with Crippen LogP contribution in [0, 0.1) is 5.82 Å². The molecule has 1 nitrogen and oxygen atoms in total. The molecule has 0 amide bonds. The number of hydrogen-bond acceptors (Lipinski definition) is 1. The smallest absolute Gasteiger partial charge is 0.146 e. The van der Waals surface area contributed by atoms with Crippen molar-refractivity contribution in [2.24, 2.45) is 0 Å². The van der Waals surface area contributed by atoms with Crippen molar-refractivity contribution in [1.29, 1.82) is 0 Å². The number of benzene rings is 2. The van der Waals surface area contributed by atoms with Gasteiger partial charge in [-0.15, -0.1) is 0 Å². The molecule has 0 fully saturated rings. The summed E-state index contributed by atoms with van der Waals surface area (Å²) in [6, 6.07) is 10.7. The molecule has 0 spiro atoms. The molecule has 0 atom stereocenters. The molecular weight excluding hydrogens is 384 g/mol. The highest BCUT2D eigenvalue weighted by Crippen LogP contribution is 2.27. The maximum absolute atomic E-state index is 13.7. The van der Waals surface area contributed by atoms with Gasteiger partial charge in [-0.25, -0.2) is 4.39 Å². The molecule has 0 heterocycles. The monoisotopic (exact) mass is 391 g/mol. The Bertz CT molecular complexity index is 575. The summed E-state index contributed by atoms with van der Waals surface area (Å²) in [7, 11) is 0. The second kappa shape index (κ2) is 6.04. The fourth-order valence-corrected chi connectivity index (χ4v) is 2.89. The largest absolute Gasteiger partial charge is 0.380 e. The predicted molar refractivity (Wildman–Crippen MR) is 80.6 cm³/mol. The molecule has 0 aromatic heterocycles. The van der Waals surface area contributed by atoms with Crippen molar-refractivity contribution in [2.45, 2.75) is 6.54 Å². The van der Waals surface area contributed by atoms with Gasteiger partial charge in [-0.3, -0.25) is 0 Å². The molecule has 94 valence electrons. The van der Waals surface area contributed by atoms with Gasteiger partial charge in [-0.05, 0) is 40.2 Å². The predicted octanol–water partition coefficient (Wildman–Crippen LogP) is 5.62. The standard InChI is InChI=1S/C13H9Br2ClFN/c14-9-4-5-12(10(15)6-9)18-7-8-2-1-3-11(16)13(8)17/h1-6,18H,7H2. The molecule has 1 N–H and O–H groups in total. The highest BCUT2D eigenvalue weighted by molar-refractivity contribution is 9.11. The summed E-state index contributed by atoms with van der Waals surface area (Å²) < 4.78 is 15.6.